The van der Waals surface area contributed by atoms with Crippen LogP contribution in [0, 0.1) is 0 Å². The van der Waals surface area contributed by atoms with Crippen molar-refractivity contribution in [1.29, 1.82) is 0 Å². The van der Waals surface area contributed by atoms with Gasteiger partial charge in [-0.15, -0.1) is 0 Å². The van der Waals surface area contributed by atoms with Gasteiger partial charge in [-0.3, -0.25) is 4.99 Å². The van der Waals surface area contributed by atoms with E-state index in [1.165, 1.54) is 42.5 Å². The van der Waals surface area contributed by atoms with E-state index in [0.29, 0.717) is 0 Å². The van der Waals surface area contributed by atoms with Gasteiger partial charge in [0.1, 0.15) is 0 Å². The number of hydrogen-bond acceptors (Lipinski definition) is 2. The van der Waals surface area contributed by atoms with Crippen LogP contribution in [0.5, 0.6) is 0 Å². The summed E-state index contributed by atoms with van der Waals surface area (Å²) >= 11 is 0. The van der Waals surface area contributed by atoms with E-state index in [1.54, 1.807) is 5.57 Å². The Morgan fingerprint density at radius 2 is 2.00 bits per heavy atom. The molecule has 0 atom stereocenters. The second-order valence-corrected chi connectivity index (χ2v) is 4.58. The van der Waals surface area contributed by atoms with E-state index in [9.17, 15) is 0 Å². The zero-order valence-corrected chi connectivity index (χ0v) is 9.37. The molecule has 0 fully saturated rings. The third-order valence-electron chi connectivity index (χ3n) is 3.46. The number of rotatable bonds is 1. The molecule has 82 valence electrons. The van der Waals surface area contributed by atoms with E-state index >= 15 is 0 Å². The van der Waals surface area contributed by atoms with E-state index in [1.807, 2.05) is 18.2 Å². The van der Waals surface area contributed by atoms with E-state index in [4.69, 9.17) is 5.73 Å². The number of hydrogen-bond donors (Lipinski definition) is 1. The Labute approximate surface area is 95.9 Å². The summed E-state index contributed by atoms with van der Waals surface area (Å²) in [6.07, 6.45) is 5.08. The van der Waals surface area contributed by atoms with Gasteiger partial charge in [-0.05, 0) is 49.0 Å². The van der Waals surface area contributed by atoms with Gasteiger partial charge in [-0.25, -0.2) is 0 Å². The Bertz CT molecular complexity index is 483. The average Bonchev–Trinajstić information content (AvgIpc) is 2.72. The fourth-order valence-electron chi connectivity index (χ4n) is 2.65. The molecule has 0 spiro atoms. The molecule has 1 aromatic rings. The van der Waals surface area contributed by atoms with Crippen molar-refractivity contribution in [2.45, 2.75) is 25.7 Å². The van der Waals surface area contributed by atoms with Crippen molar-refractivity contribution in [3.63, 3.8) is 0 Å². The second kappa shape index (κ2) is 3.78. The predicted molar refractivity (Wildman–Crippen MR) is 67.8 cm³/mol. The lowest BCUT2D eigenvalue weighted by Crippen LogP contribution is -2.07. The zero-order chi connectivity index (χ0) is 11.0. The maximum absolute atomic E-state index is 5.82. The highest BCUT2D eigenvalue weighted by atomic mass is 14.8. The molecular weight excluding hydrogens is 196 g/mol. The smallest absolute Gasteiger partial charge is 0.0683 e. The predicted octanol–water partition coefficient (Wildman–Crippen LogP) is 2.94. The standard InChI is InChI=1S/C14H16N2/c15-12-6-3-5-10(8-12)14-13-7-2-1-4-11(13)9-16-14/h3,5-6,8H,1-2,4,7,9,15H2. The van der Waals surface area contributed by atoms with Crippen molar-refractivity contribution in [2.75, 3.05) is 12.3 Å². The minimum absolute atomic E-state index is 0.824. The monoisotopic (exact) mass is 212 g/mol. The number of nitrogens with zero attached hydrogens (tertiary/aromatic N) is 1. The summed E-state index contributed by atoms with van der Waals surface area (Å²) < 4.78 is 0. The third kappa shape index (κ3) is 1.54. The van der Waals surface area contributed by atoms with Crippen LogP contribution in [0.1, 0.15) is 31.2 Å². The molecule has 0 radical (unpaired) electrons. The lowest BCUT2D eigenvalue weighted by molar-refractivity contribution is 0.688. The van der Waals surface area contributed by atoms with Gasteiger partial charge in [0, 0.05) is 11.3 Å². The Kier molecular flexibility index (Phi) is 2.28. The van der Waals surface area contributed by atoms with Crippen molar-refractivity contribution in [3.05, 3.63) is 41.0 Å². The van der Waals surface area contributed by atoms with Crippen LogP contribution in [0.2, 0.25) is 0 Å². The van der Waals surface area contributed by atoms with Crippen molar-refractivity contribution >= 4 is 11.4 Å². The van der Waals surface area contributed by atoms with Crippen LogP contribution in [0.15, 0.2) is 40.4 Å². The number of allylic oxidation sites excluding steroid dienone is 1. The minimum Gasteiger partial charge on any atom is -0.399 e. The van der Waals surface area contributed by atoms with E-state index in [2.05, 4.69) is 11.1 Å². The molecular formula is C14H16N2. The number of nitrogens with two attached hydrogens (primary N) is 1. The van der Waals surface area contributed by atoms with E-state index < -0.39 is 0 Å². The van der Waals surface area contributed by atoms with Crippen LogP contribution >= 0.6 is 0 Å². The van der Waals surface area contributed by atoms with Gasteiger partial charge in [0.25, 0.3) is 0 Å². The molecule has 2 aliphatic rings. The van der Waals surface area contributed by atoms with Crippen molar-refractivity contribution in [1.82, 2.24) is 0 Å². The third-order valence-corrected chi connectivity index (χ3v) is 3.46. The summed E-state index contributed by atoms with van der Waals surface area (Å²) in [5.41, 5.74) is 12.1. The largest absolute Gasteiger partial charge is 0.399 e. The maximum Gasteiger partial charge on any atom is 0.0683 e. The molecule has 1 aliphatic carbocycles. The summed E-state index contributed by atoms with van der Waals surface area (Å²) in [6.45, 7) is 0.916. The molecule has 0 aromatic heterocycles. The Morgan fingerprint density at radius 1 is 1.12 bits per heavy atom. The molecule has 0 bridgehead atoms. The topological polar surface area (TPSA) is 38.4 Å². The average molecular weight is 212 g/mol. The molecule has 1 aromatic carbocycles. The number of nitrogen functional groups attached to an aromatic ring is 1. The highest BCUT2D eigenvalue weighted by molar-refractivity contribution is 6.14. The zero-order valence-electron chi connectivity index (χ0n) is 9.37. The fourth-order valence-corrected chi connectivity index (χ4v) is 2.65. The summed E-state index contributed by atoms with van der Waals surface area (Å²) in [5, 5.41) is 0. The van der Waals surface area contributed by atoms with Crippen molar-refractivity contribution in [2.24, 2.45) is 4.99 Å². The van der Waals surface area contributed by atoms with Crippen LogP contribution in [0.4, 0.5) is 5.69 Å². The van der Waals surface area contributed by atoms with Crippen LogP contribution in [-0.2, 0) is 0 Å². The quantitative estimate of drug-likeness (QED) is 0.714. The molecule has 1 aliphatic heterocycles. The summed E-state index contributed by atoms with van der Waals surface area (Å²) in [6, 6.07) is 8.08. The van der Waals surface area contributed by atoms with Gasteiger partial charge in [0.2, 0.25) is 0 Å². The van der Waals surface area contributed by atoms with Crippen molar-refractivity contribution < 1.29 is 0 Å². The normalized spacial score (nSPS) is 19.6. The van der Waals surface area contributed by atoms with Crippen LogP contribution in [0.25, 0.3) is 0 Å². The molecule has 16 heavy (non-hydrogen) atoms. The highest BCUT2D eigenvalue weighted by Crippen LogP contribution is 2.32. The summed E-state index contributed by atoms with van der Waals surface area (Å²) in [5.74, 6) is 0. The Morgan fingerprint density at radius 3 is 2.88 bits per heavy atom. The first-order valence-electron chi connectivity index (χ1n) is 5.96. The Hall–Kier alpha value is -1.57. The molecule has 0 saturated carbocycles. The van der Waals surface area contributed by atoms with Crippen LogP contribution in [-0.4, -0.2) is 12.3 Å². The van der Waals surface area contributed by atoms with Gasteiger partial charge < -0.3 is 5.73 Å². The number of aliphatic imine (C=N–C) groups is 1. The molecule has 0 saturated heterocycles. The minimum atomic E-state index is 0.824. The molecule has 2 heteroatoms. The number of benzene rings is 1. The van der Waals surface area contributed by atoms with Crippen LogP contribution in [0.3, 0.4) is 0 Å². The van der Waals surface area contributed by atoms with Gasteiger partial charge >= 0.3 is 0 Å². The summed E-state index contributed by atoms with van der Waals surface area (Å²) in [7, 11) is 0. The fraction of sp³-hybridized carbons (Fsp3) is 0.357. The lowest BCUT2D eigenvalue weighted by atomic mass is 9.89. The first-order valence-corrected chi connectivity index (χ1v) is 5.96. The molecule has 3 rings (SSSR count). The van der Waals surface area contributed by atoms with Gasteiger partial charge in [0.05, 0.1) is 12.3 Å². The second-order valence-electron chi connectivity index (χ2n) is 4.58. The van der Waals surface area contributed by atoms with Crippen molar-refractivity contribution in [3.8, 4) is 0 Å². The summed E-state index contributed by atoms with van der Waals surface area (Å²) in [4.78, 5) is 4.68. The lowest BCUT2D eigenvalue weighted by Gasteiger charge is -2.15. The SMILES string of the molecule is Nc1cccc(C2=NCC3=C2CCCC3)c1. The maximum atomic E-state index is 5.82. The molecule has 2 nitrogen and oxygen atoms in total. The van der Waals surface area contributed by atoms with Crippen LogP contribution < -0.4 is 5.73 Å². The molecule has 1 heterocycles. The van der Waals surface area contributed by atoms with Gasteiger partial charge in [0.15, 0.2) is 0 Å². The van der Waals surface area contributed by atoms with Gasteiger partial charge in [-0.1, -0.05) is 12.1 Å². The highest BCUT2D eigenvalue weighted by Gasteiger charge is 2.22. The van der Waals surface area contributed by atoms with Gasteiger partial charge in [-0.2, -0.15) is 0 Å². The number of anilines is 1. The van der Waals surface area contributed by atoms with E-state index in [0.717, 1.165) is 12.2 Å². The Balaban J connectivity index is 1.99. The molecule has 2 N–H and O–H groups in total. The first kappa shape index (κ1) is 9.64. The molecule has 0 unspecified atom stereocenters. The first-order chi connectivity index (χ1) is 7.84. The van der Waals surface area contributed by atoms with E-state index in [-0.39, 0.29) is 0 Å². The molecule has 0 amide bonds.